The van der Waals surface area contributed by atoms with Crippen LogP contribution in [0.15, 0.2) is 84.9 Å². The highest BCUT2D eigenvalue weighted by Gasteiger charge is 2.28. The largest absolute Gasteiger partial charge is 0.454 e. The maximum absolute atomic E-state index is 13.0. The van der Waals surface area contributed by atoms with E-state index in [1.807, 2.05) is 60.7 Å². The maximum Gasteiger partial charge on any atom is 0.318 e. The zero-order valence-electron chi connectivity index (χ0n) is 17.2. The standard InChI is InChI=1S/C24H23NO5S/c1-17(23(26)20-13-15-21(16-14-20)25-31(2,28)29)30-24(27)22(18-9-5-3-6-10-18)19-11-7-4-8-12-19/h3-17,22,25H,1-2H3. The molecule has 0 amide bonds. The monoisotopic (exact) mass is 437 g/mol. The van der Waals surface area contributed by atoms with E-state index in [0.717, 1.165) is 17.4 Å². The Morgan fingerprint density at radius 1 is 0.806 bits per heavy atom. The molecule has 1 atom stereocenters. The van der Waals surface area contributed by atoms with Crippen LogP contribution in [0.2, 0.25) is 0 Å². The number of hydrogen-bond donors (Lipinski definition) is 1. The van der Waals surface area contributed by atoms with Crippen molar-refractivity contribution >= 4 is 27.5 Å². The number of rotatable bonds is 8. The molecular weight excluding hydrogens is 414 g/mol. The molecule has 0 aliphatic heterocycles. The van der Waals surface area contributed by atoms with Crippen LogP contribution in [0.4, 0.5) is 5.69 Å². The normalized spacial score (nSPS) is 12.2. The van der Waals surface area contributed by atoms with Crippen LogP contribution in [0.3, 0.4) is 0 Å². The third-order valence-corrected chi connectivity index (χ3v) is 5.24. The molecule has 6 nitrogen and oxygen atoms in total. The molecule has 1 unspecified atom stereocenters. The predicted molar refractivity (Wildman–Crippen MR) is 120 cm³/mol. The first-order valence-corrected chi connectivity index (χ1v) is 11.6. The number of carbonyl (C=O) groups is 2. The predicted octanol–water partition coefficient (Wildman–Crippen LogP) is 4.00. The van der Waals surface area contributed by atoms with E-state index in [1.54, 1.807) is 0 Å². The van der Waals surface area contributed by atoms with Gasteiger partial charge in [0.2, 0.25) is 15.8 Å². The summed E-state index contributed by atoms with van der Waals surface area (Å²) < 4.78 is 30.5. The van der Waals surface area contributed by atoms with Gasteiger partial charge in [0, 0.05) is 11.3 Å². The van der Waals surface area contributed by atoms with Crippen molar-refractivity contribution < 1.29 is 22.7 Å². The third-order valence-electron chi connectivity index (χ3n) is 4.64. The zero-order valence-corrected chi connectivity index (χ0v) is 18.0. The number of sulfonamides is 1. The van der Waals surface area contributed by atoms with Gasteiger partial charge in [0.1, 0.15) is 5.92 Å². The molecule has 0 aromatic heterocycles. The van der Waals surface area contributed by atoms with Crippen molar-refractivity contribution in [1.29, 1.82) is 0 Å². The number of nitrogens with one attached hydrogen (secondary N) is 1. The lowest BCUT2D eigenvalue weighted by Gasteiger charge is -2.20. The summed E-state index contributed by atoms with van der Waals surface area (Å²) in [5.74, 6) is -1.55. The van der Waals surface area contributed by atoms with Crippen molar-refractivity contribution in [2.45, 2.75) is 18.9 Å². The summed E-state index contributed by atoms with van der Waals surface area (Å²) in [4.78, 5) is 25.8. The minimum Gasteiger partial charge on any atom is -0.454 e. The molecule has 0 aliphatic carbocycles. The molecule has 0 fully saturated rings. The third kappa shape index (κ3) is 6.02. The van der Waals surface area contributed by atoms with E-state index >= 15 is 0 Å². The molecule has 1 N–H and O–H groups in total. The van der Waals surface area contributed by atoms with Gasteiger partial charge in [-0.2, -0.15) is 0 Å². The van der Waals surface area contributed by atoms with Crippen LogP contribution >= 0.6 is 0 Å². The molecular formula is C24H23NO5S. The van der Waals surface area contributed by atoms with E-state index in [9.17, 15) is 18.0 Å². The Morgan fingerprint density at radius 2 is 1.29 bits per heavy atom. The Balaban J connectivity index is 1.76. The highest BCUT2D eigenvalue weighted by molar-refractivity contribution is 7.92. The van der Waals surface area contributed by atoms with Gasteiger partial charge in [0.25, 0.3) is 0 Å². The first kappa shape index (κ1) is 22.2. The number of esters is 1. The van der Waals surface area contributed by atoms with Crippen molar-refractivity contribution in [3.05, 3.63) is 102 Å². The zero-order chi connectivity index (χ0) is 22.4. The Labute approximate surface area is 181 Å². The molecule has 0 bridgehead atoms. The molecule has 3 rings (SSSR count). The lowest BCUT2D eigenvalue weighted by atomic mass is 9.91. The van der Waals surface area contributed by atoms with Gasteiger partial charge in [-0.05, 0) is 42.3 Å². The quantitative estimate of drug-likeness (QED) is 0.425. The van der Waals surface area contributed by atoms with Gasteiger partial charge >= 0.3 is 5.97 Å². The van der Waals surface area contributed by atoms with Gasteiger partial charge in [0.15, 0.2) is 6.10 Å². The number of carbonyl (C=O) groups excluding carboxylic acids is 2. The Bertz CT molecular complexity index is 1100. The number of anilines is 1. The fraction of sp³-hybridized carbons (Fsp3) is 0.167. The smallest absolute Gasteiger partial charge is 0.318 e. The van der Waals surface area contributed by atoms with Crippen LogP contribution in [0.5, 0.6) is 0 Å². The second kappa shape index (κ2) is 9.57. The van der Waals surface area contributed by atoms with E-state index < -0.39 is 28.0 Å². The lowest BCUT2D eigenvalue weighted by Crippen LogP contribution is -2.28. The van der Waals surface area contributed by atoms with Crippen molar-refractivity contribution in [2.75, 3.05) is 11.0 Å². The fourth-order valence-electron chi connectivity index (χ4n) is 3.20. The lowest BCUT2D eigenvalue weighted by molar-refractivity contribution is -0.147. The minimum absolute atomic E-state index is 0.315. The number of benzene rings is 3. The molecule has 160 valence electrons. The van der Waals surface area contributed by atoms with Crippen LogP contribution in [0, 0.1) is 0 Å². The van der Waals surface area contributed by atoms with Crippen LogP contribution in [0.1, 0.15) is 34.3 Å². The van der Waals surface area contributed by atoms with Gasteiger partial charge in [-0.3, -0.25) is 14.3 Å². The molecule has 0 spiro atoms. The summed E-state index contributed by atoms with van der Waals surface area (Å²) in [6.45, 7) is 1.52. The summed E-state index contributed by atoms with van der Waals surface area (Å²) in [5.41, 5.74) is 2.20. The topological polar surface area (TPSA) is 89.5 Å². The van der Waals surface area contributed by atoms with Crippen molar-refractivity contribution in [1.82, 2.24) is 0 Å². The van der Waals surface area contributed by atoms with Crippen LogP contribution in [-0.4, -0.2) is 32.5 Å². The first-order chi connectivity index (χ1) is 14.7. The van der Waals surface area contributed by atoms with Crippen molar-refractivity contribution in [3.8, 4) is 0 Å². The van der Waals surface area contributed by atoms with Gasteiger partial charge < -0.3 is 4.74 Å². The average Bonchev–Trinajstić information content (AvgIpc) is 2.74. The van der Waals surface area contributed by atoms with Crippen LogP contribution < -0.4 is 4.72 Å². The van der Waals surface area contributed by atoms with E-state index in [2.05, 4.69) is 4.72 Å². The second-order valence-electron chi connectivity index (χ2n) is 7.15. The van der Waals surface area contributed by atoms with Crippen LogP contribution in [0.25, 0.3) is 0 Å². The molecule has 3 aromatic carbocycles. The van der Waals surface area contributed by atoms with Crippen molar-refractivity contribution in [3.63, 3.8) is 0 Å². The van der Waals surface area contributed by atoms with E-state index in [1.165, 1.54) is 31.2 Å². The van der Waals surface area contributed by atoms with E-state index in [4.69, 9.17) is 4.74 Å². The van der Waals surface area contributed by atoms with Gasteiger partial charge in [-0.25, -0.2) is 8.42 Å². The molecule has 0 aliphatic rings. The van der Waals surface area contributed by atoms with Gasteiger partial charge in [-0.1, -0.05) is 60.7 Å². The molecule has 31 heavy (non-hydrogen) atoms. The summed E-state index contributed by atoms with van der Waals surface area (Å²) in [6.07, 6.45) is 0.0415. The van der Waals surface area contributed by atoms with E-state index in [0.29, 0.717) is 11.3 Å². The fourth-order valence-corrected chi connectivity index (χ4v) is 3.77. The van der Waals surface area contributed by atoms with Crippen LogP contribution in [-0.2, 0) is 19.6 Å². The first-order valence-electron chi connectivity index (χ1n) is 9.67. The summed E-state index contributed by atoms with van der Waals surface area (Å²) in [5, 5.41) is 0. The Morgan fingerprint density at radius 3 is 1.74 bits per heavy atom. The van der Waals surface area contributed by atoms with Crippen molar-refractivity contribution in [2.24, 2.45) is 0 Å². The molecule has 0 radical (unpaired) electrons. The Hall–Kier alpha value is -3.45. The minimum atomic E-state index is -3.41. The number of ether oxygens (including phenoxy) is 1. The average molecular weight is 438 g/mol. The second-order valence-corrected chi connectivity index (χ2v) is 8.90. The molecule has 0 saturated carbocycles. The van der Waals surface area contributed by atoms with Gasteiger partial charge in [-0.15, -0.1) is 0 Å². The molecule has 0 heterocycles. The highest BCUT2D eigenvalue weighted by atomic mass is 32.2. The molecule has 3 aromatic rings. The van der Waals surface area contributed by atoms with E-state index in [-0.39, 0.29) is 5.78 Å². The number of Topliss-reactive ketones (excluding diaryl/α,β-unsaturated/α-hetero) is 1. The number of ketones is 1. The van der Waals surface area contributed by atoms with Gasteiger partial charge in [0.05, 0.1) is 6.26 Å². The molecule has 7 heteroatoms. The SMILES string of the molecule is CC(OC(=O)C(c1ccccc1)c1ccccc1)C(=O)c1ccc(NS(C)(=O)=O)cc1. The maximum atomic E-state index is 13.0. The summed E-state index contributed by atoms with van der Waals surface area (Å²) in [7, 11) is -3.41. The summed E-state index contributed by atoms with van der Waals surface area (Å²) in [6, 6.07) is 24.5. The Kier molecular flexibility index (Phi) is 6.87. The highest BCUT2D eigenvalue weighted by Crippen LogP contribution is 2.27. The molecule has 0 saturated heterocycles. The summed E-state index contributed by atoms with van der Waals surface area (Å²) >= 11 is 0. The number of hydrogen-bond acceptors (Lipinski definition) is 5.